The van der Waals surface area contributed by atoms with E-state index in [2.05, 4.69) is 36.9 Å². The quantitative estimate of drug-likeness (QED) is 0.646. The van der Waals surface area contributed by atoms with Gasteiger partial charge < -0.3 is 8.98 Å². The zero-order valence-corrected chi connectivity index (χ0v) is 13.2. The molecule has 0 fully saturated rings. The van der Waals surface area contributed by atoms with Crippen molar-refractivity contribution >= 4 is 11.8 Å². The van der Waals surface area contributed by atoms with E-state index in [0.29, 0.717) is 16.9 Å². The molecule has 3 rings (SSSR count). The lowest BCUT2D eigenvalue weighted by molar-refractivity contribution is 0.465. The lowest BCUT2D eigenvalue weighted by atomic mass is 10.3. The van der Waals surface area contributed by atoms with Crippen molar-refractivity contribution < 1.29 is 4.42 Å². The fourth-order valence-electron chi connectivity index (χ4n) is 2.05. The molecule has 114 valence electrons. The second kappa shape index (κ2) is 6.69. The lowest BCUT2D eigenvalue weighted by Crippen LogP contribution is -2.04. The zero-order valence-electron chi connectivity index (χ0n) is 12.4. The SMILES string of the molecule is CCCn1c(C)nnc1CSc1nnc(-c2cccnc2)o1. The van der Waals surface area contributed by atoms with Gasteiger partial charge in [-0.05, 0) is 25.5 Å². The predicted molar refractivity (Wildman–Crippen MR) is 82.1 cm³/mol. The molecule has 0 radical (unpaired) electrons. The topological polar surface area (TPSA) is 82.5 Å². The van der Waals surface area contributed by atoms with E-state index < -0.39 is 0 Å². The van der Waals surface area contributed by atoms with E-state index in [-0.39, 0.29) is 0 Å². The maximum atomic E-state index is 5.64. The van der Waals surface area contributed by atoms with Crippen LogP contribution in [0.1, 0.15) is 25.0 Å². The molecule has 0 aliphatic rings. The van der Waals surface area contributed by atoms with Crippen molar-refractivity contribution in [2.45, 2.75) is 37.8 Å². The molecule has 0 aromatic carbocycles. The fourth-order valence-corrected chi connectivity index (χ4v) is 2.75. The summed E-state index contributed by atoms with van der Waals surface area (Å²) in [7, 11) is 0. The molecule has 0 spiro atoms. The van der Waals surface area contributed by atoms with Gasteiger partial charge in [0.25, 0.3) is 5.22 Å². The van der Waals surface area contributed by atoms with Crippen LogP contribution in [0, 0.1) is 6.92 Å². The summed E-state index contributed by atoms with van der Waals surface area (Å²) in [6, 6.07) is 3.72. The Bertz CT molecular complexity index is 739. The smallest absolute Gasteiger partial charge is 0.277 e. The van der Waals surface area contributed by atoms with Crippen LogP contribution in [0.5, 0.6) is 0 Å². The summed E-state index contributed by atoms with van der Waals surface area (Å²) in [5, 5.41) is 16.9. The molecule has 7 nitrogen and oxygen atoms in total. The molecule has 0 saturated heterocycles. The highest BCUT2D eigenvalue weighted by Crippen LogP contribution is 2.25. The second-order valence-electron chi connectivity index (χ2n) is 4.72. The Morgan fingerprint density at radius 1 is 1.23 bits per heavy atom. The first kappa shape index (κ1) is 14.7. The highest BCUT2D eigenvalue weighted by Gasteiger charge is 2.12. The third-order valence-corrected chi connectivity index (χ3v) is 3.91. The summed E-state index contributed by atoms with van der Waals surface area (Å²) >= 11 is 1.46. The molecule has 0 saturated carbocycles. The molecule has 0 amide bonds. The molecule has 0 aliphatic carbocycles. The maximum absolute atomic E-state index is 5.64. The van der Waals surface area contributed by atoms with Crippen LogP contribution in [0.25, 0.3) is 11.5 Å². The maximum Gasteiger partial charge on any atom is 0.277 e. The molecule has 22 heavy (non-hydrogen) atoms. The Morgan fingerprint density at radius 3 is 2.91 bits per heavy atom. The fraction of sp³-hybridized carbons (Fsp3) is 0.357. The third-order valence-electron chi connectivity index (χ3n) is 3.10. The van der Waals surface area contributed by atoms with Crippen LogP contribution < -0.4 is 0 Å². The van der Waals surface area contributed by atoms with Crippen molar-refractivity contribution in [3.05, 3.63) is 36.2 Å². The van der Waals surface area contributed by atoms with E-state index in [1.807, 2.05) is 19.1 Å². The van der Waals surface area contributed by atoms with Gasteiger partial charge in [0.15, 0.2) is 0 Å². The summed E-state index contributed by atoms with van der Waals surface area (Å²) in [6.07, 6.45) is 4.45. The average Bonchev–Trinajstić information content (AvgIpc) is 3.15. The molecular formula is C14H16N6OS. The number of aryl methyl sites for hydroxylation is 1. The molecule has 0 aliphatic heterocycles. The van der Waals surface area contributed by atoms with Crippen LogP contribution in [0.4, 0.5) is 0 Å². The van der Waals surface area contributed by atoms with E-state index in [0.717, 1.165) is 30.2 Å². The van der Waals surface area contributed by atoms with Crippen molar-refractivity contribution in [2.24, 2.45) is 0 Å². The number of hydrogen-bond donors (Lipinski definition) is 0. The number of pyridine rings is 1. The minimum Gasteiger partial charge on any atom is -0.411 e. The van der Waals surface area contributed by atoms with Gasteiger partial charge in [-0.25, -0.2) is 0 Å². The Labute approximate surface area is 132 Å². The van der Waals surface area contributed by atoms with Gasteiger partial charge in [0.2, 0.25) is 5.89 Å². The standard InChI is InChI=1S/C14H16N6OS/c1-3-7-20-10(2)16-17-12(20)9-22-14-19-18-13(21-14)11-5-4-6-15-8-11/h4-6,8H,3,7,9H2,1-2H3. The molecule has 0 N–H and O–H groups in total. The number of aromatic nitrogens is 6. The minimum atomic E-state index is 0.474. The lowest BCUT2D eigenvalue weighted by Gasteiger charge is -2.05. The van der Waals surface area contributed by atoms with Crippen molar-refractivity contribution in [3.8, 4) is 11.5 Å². The van der Waals surface area contributed by atoms with Crippen molar-refractivity contribution in [1.29, 1.82) is 0 Å². The molecule has 3 aromatic heterocycles. The summed E-state index contributed by atoms with van der Waals surface area (Å²) in [4.78, 5) is 4.04. The Balaban J connectivity index is 1.69. The minimum absolute atomic E-state index is 0.474. The van der Waals surface area contributed by atoms with Crippen LogP contribution in [0.15, 0.2) is 34.2 Å². The zero-order chi connectivity index (χ0) is 15.4. The first-order valence-electron chi connectivity index (χ1n) is 7.03. The van der Waals surface area contributed by atoms with Gasteiger partial charge in [0, 0.05) is 18.9 Å². The average molecular weight is 316 g/mol. The van der Waals surface area contributed by atoms with Crippen LogP contribution in [0.3, 0.4) is 0 Å². The summed E-state index contributed by atoms with van der Waals surface area (Å²) in [6.45, 7) is 5.01. The van der Waals surface area contributed by atoms with Gasteiger partial charge in [-0.2, -0.15) is 0 Å². The normalized spacial score (nSPS) is 11.0. The molecule has 0 atom stereocenters. The summed E-state index contributed by atoms with van der Waals surface area (Å²) in [5.74, 6) is 2.97. The second-order valence-corrected chi connectivity index (χ2v) is 5.65. The van der Waals surface area contributed by atoms with Gasteiger partial charge in [-0.15, -0.1) is 20.4 Å². The molecular weight excluding hydrogens is 300 g/mol. The Hall–Kier alpha value is -2.22. The number of thioether (sulfide) groups is 1. The molecule has 0 bridgehead atoms. The largest absolute Gasteiger partial charge is 0.411 e. The van der Waals surface area contributed by atoms with Gasteiger partial charge >= 0.3 is 0 Å². The van der Waals surface area contributed by atoms with E-state index >= 15 is 0 Å². The predicted octanol–water partition coefficient (Wildman–Crippen LogP) is 2.73. The van der Waals surface area contributed by atoms with Crippen LogP contribution >= 0.6 is 11.8 Å². The van der Waals surface area contributed by atoms with Gasteiger partial charge in [0.1, 0.15) is 11.6 Å². The van der Waals surface area contributed by atoms with E-state index in [1.165, 1.54) is 11.8 Å². The van der Waals surface area contributed by atoms with E-state index in [1.54, 1.807) is 12.4 Å². The van der Waals surface area contributed by atoms with Crippen LogP contribution in [-0.2, 0) is 12.3 Å². The first-order valence-corrected chi connectivity index (χ1v) is 8.02. The molecule has 8 heteroatoms. The van der Waals surface area contributed by atoms with Crippen LogP contribution in [-0.4, -0.2) is 29.9 Å². The highest BCUT2D eigenvalue weighted by molar-refractivity contribution is 7.98. The van der Waals surface area contributed by atoms with Crippen molar-refractivity contribution in [2.75, 3.05) is 0 Å². The molecule has 0 unspecified atom stereocenters. The monoisotopic (exact) mass is 316 g/mol. The van der Waals surface area contributed by atoms with E-state index in [9.17, 15) is 0 Å². The Morgan fingerprint density at radius 2 is 2.14 bits per heavy atom. The summed E-state index contributed by atoms with van der Waals surface area (Å²) in [5.41, 5.74) is 0.812. The number of nitrogens with zero attached hydrogens (tertiary/aromatic N) is 6. The van der Waals surface area contributed by atoms with Crippen LogP contribution in [0.2, 0.25) is 0 Å². The van der Waals surface area contributed by atoms with E-state index in [4.69, 9.17) is 4.42 Å². The third kappa shape index (κ3) is 3.16. The van der Waals surface area contributed by atoms with Gasteiger partial charge in [-0.3, -0.25) is 4.98 Å². The van der Waals surface area contributed by atoms with Gasteiger partial charge in [0.05, 0.1) is 11.3 Å². The van der Waals surface area contributed by atoms with Gasteiger partial charge in [-0.1, -0.05) is 18.7 Å². The van der Waals surface area contributed by atoms with Crippen molar-refractivity contribution in [1.82, 2.24) is 29.9 Å². The highest BCUT2D eigenvalue weighted by atomic mass is 32.2. The number of rotatable bonds is 6. The first-order chi connectivity index (χ1) is 10.8. The molecule has 3 aromatic rings. The summed E-state index contributed by atoms with van der Waals surface area (Å²) < 4.78 is 7.76. The Kier molecular flexibility index (Phi) is 4.47. The van der Waals surface area contributed by atoms with Crippen molar-refractivity contribution in [3.63, 3.8) is 0 Å². The molecule has 3 heterocycles. The number of hydrogen-bond acceptors (Lipinski definition) is 7.